The molecule has 0 amide bonds. The zero-order valence-corrected chi connectivity index (χ0v) is 13.5. The van der Waals surface area contributed by atoms with Crippen LogP contribution in [0.25, 0.3) is 5.70 Å². The molecule has 22 heavy (non-hydrogen) atoms. The highest BCUT2D eigenvalue weighted by Crippen LogP contribution is 2.41. The molecule has 1 aliphatic heterocycles. The number of hydrogen-bond acceptors (Lipinski definition) is 4. The summed E-state index contributed by atoms with van der Waals surface area (Å²) in [6.45, 7) is 0. The minimum atomic E-state index is -0.408. The minimum Gasteiger partial charge on any atom is -0.329 e. The number of nitrogens with zero attached hydrogens (tertiary/aromatic N) is 1. The highest BCUT2D eigenvalue weighted by molar-refractivity contribution is 7.98. The van der Waals surface area contributed by atoms with Gasteiger partial charge in [0, 0.05) is 17.7 Å². The largest absolute Gasteiger partial charge is 0.329 e. The first kappa shape index (κ1) is 15.2. The standard InChI is InChI=1S/C15H10Cl2N2O2S/c16-11-2-1-3-12(17)15(11)13-8-14(22-18-13)9-4-6-10(7-5-9)19(20)21/h1-8,14,18H. The molecular weight excluding hydrogens is 343 g/mol. The molecule has 0 aliphatic carbocycles. The molecule has 0 bridgehead atoms. The summed E-state index contributed by atoms with van der Waals surface area (Å²) in [5.74, 6) is 0. The fraction of sp³-hybridized carbons (Fsp3) is 0.0667. The first-order chi connectivity index (χ1) is 10.6. The normalized spacial score (nSPS) is 17.0. The number of halogens is 2. The van der Waals surface area contributed by atoms with Crippen molar-refractivity contribution in [2.75, 3.05) is 0 Å². The molecule has 0 spiro atoms. The predicted octanol–water partition coefficient (Wildman–Crippen LogP) is 5.24. The van der Waals surface area contributed by atoms with Crippen molar-refractivity contribution in [3.8, 4) is 0 Å². The van der Waals surface area contributed by atoms with Gasteiger partial charge in [0.1, 0.15) is 0 Å². The van der Waals surface area contributed by atoms with Crippen molar-refractivity contribution < 1.29 is 4.92 Å². The fourth-order valence-electron chi connectivity index (χ4n) is 2.19. The van der Waals surface area contributed by atoms with Crippen molar-refractivity contribution in [3.05, 3.63) is 79.8 Å². The van der Waals surface area contributed by atoms with Crippen molar-refractivity contribution in [1.29, 1.82) is 0 Å². The van der Waals surface area contributed by atoms with Crippen molar-refractivity contribution in [3.63, 3.8) is 0 Å². The number of rotatable bonds is 3. The summed E-state index contributed by atoms with van der Waals surface area (Å²) >= 11 is 13.9. The number of nitrogens with one attached hydrogen (secondary N) is 1. The predicted molar refractivity (Wildman–Crippen MR) is 91.0 cm³/mol. The average Bonchev–Trinajstić information content (AvgIpc) is 2.97. The lowest BCUT2D eigenvalue weighted by Crippen LogP contribution is -1.98. The molecule has 1 aliphatic rings. The van der Waals surface area contributed by atoms with Gasteiger partial charge in [-0.25, -0.2) is 0 Å². The first-order valence-corrected chi connectivity index (χ1v) is 8.02. The van der Waals surface area contributed by atoms with Crippen LogP contribution in [0, 0.1) is 10.1 Å². The van der Waals surface area contributed by atoms with Crippen LogP contribution >= 0.6 is 35.1 Å². The zero-order chi connectivity index (χ0) is 15.7. The summed E-state index contributed by atoms with van der Waals surface area (Å²) in [6.07, 6.45) is 2.01. The summed E-state index contributed by atoms with van der Waals surface area (Å²) in [7, 11) is 0. The highest BCUT2D eigenvalue weighted by atomic mass is 35.5. The molecule has 0 saturated carbocycles. The Kier molecular flexibility index (Phi) is 4.29. The minimum absolute atomic E-state index is 0.0446. The molecule has 112 valence electrons. The molecule has 0 radical (unpaired) electrons. The van der Waals surface area contributed by atoms with Crippen LogP contribution in [-0.4, -0.2) is 4.92 Å². The monoisotopic (exact) mass is 352 g/mol. The summed E-state index contributed by atoms with van der Waals surface area (Å²) < 4.78 is 3.22. The molecule has 1 unspecified atom stereocenters. The number of hydrogen-bond donors (Lipinski definition) is 1. The molecule has 4 nitrogen and oxygen atoms in total. The highest BCUT2D eigenvalue weighted by Gasteiger charge is 2.22. The van der Waals surface area contributed by atoms with Crippen LogP contribution in [0.5, 0.6) is 0 Å². The van der Waals surface area contributed by atoms with E-state index in [0.29, 0.717) is 10.0 Å². The van der Waals surface area contributed by atoms with E-state index in [4.69, 9.17) is 23.2 Å². The summed E-state index contributed by atoms with van der Waals surface area (Å²) in [6, 6.07) is 11.9. The molecule has 3 rings (SSSR count). The third-order valence-corrected chi connectivity index (χ3v) is 4.91. The fourth-order valence-corrected chi connectivity index (χ4v) is 3.71. The van der Waals surface area contributed by atoms with E-state index in [0.717, 1.165) is 16.8 Å². The van der Waals surface area contributed by atoms with Crippen molar-refractivity contribution in [2.45, 2.75) is 5.25 Å². The van der Waals surface area contributed by atoms with E-state index in [-0.39, 0.29) is 10.9 Å². The number of non-ortho nitro benzene ring substituents is 1. The van der Waals surface area contributed by atoms with Gasteiger partial charge in [-0.15, -0.1) is 0 Å². The molecule has 0 saturated heterocycles. The molecule has 0 aromatic heterocycles. The van der Waals surface area contributed by atoms with Gasteiger partial charge in [-0.1, -0.05) is 41.4 Å². The second kappa shape index (κ2) is 6.20. The van der Waals surface area contributed by atoms with E-state index < -0.39 is 4.92 Å². The molecule has 2 aromatic carbocycles. The quantitative estimate of drug-likeness (QED) is 0.466. The summed E-state index contributed by atoms with van der Waals surface area (Å²) in [5.41, 5.74) is 2.67. The summed E-state index contributed by atoms with van der Waals surface area (Å²) in [5, 5.41) is 11.9. The van der Waals surface area contributed by atoms with Crippen LogP contribution in [0.15, 0.2) is 48.5 Å². The molecule has 1 atom stereocenters. The number of nitro benzene ring substituents is 1. The second-order valence-electron chi connectivity index (χ2n) is 4.67. The van der Waals surface area contributed by atoms with Gasteiger partial charge < -0.3 is 4.72 Å². The molecule has 1 heterocycles. The van der Waals surface area contributed by atoms with Gasteiger partial charge in [-0.3, -0.25) is 10.1 Å². The van der Waals surface area contributed by atoms with Crippen molar-refractivity contribution in [1.82, 2.24) is 4.72 Å². The van der Waals surface area contributed by atoms with Gasteiger partial charge in [0.05, 0.1) is 25.9 Å². The third-order valence-electron chi connectivity index (χ3n) is 3.28. The SMILES string of the molecule is O=[N+]([O-])c1ccc(C2C=C(c3c(Cl)cccc3Cl)NS2)cc1. The van der Waals surface area contributed by atoms with Gasteiger partial charge >= 0.3 is 0 Å². The van der Waals surface area contributed by atoms with E-state index in [1.54, 1.807) is 30.3 Å². The third kappa shape index (κ3) is 2.92. The average molecular weight is 353 g/mol. The maximum Gasteiger partial charge on any atom is 0.269 e. The molecular formula is C15H10Cl2N2O2S. The Balaban J connectivity index is 1.89. The Morgan fingerprint density at radius 3 is 2.32 bits per heavy atom. The molecule has 2 aromatic rings. The maximum atomic E-state index is 10.7. The number of benzene rings is 2. The Bertz CT molecular complexity index is 742. The van der Waals surface area contributed by atoms with E-state index in [1.807, 2.05) is 6.08 Å². The van der Waals surface area contributed by atoms with Gasteiger partial charge in [-0.2, -0.15) is 0 Å². The van der Waals surface area contributed by atoms with Crippen molar-refractivity contribution in [2.24, 2.45) is 0 Å². The van der Waals surface area contributed by atoms with Gasteiger partial charge in [0.2, 0.25) is 0 Å². The van der Waals surface area contributed by atoms with E-state index in [1.165, 1.54) is 24.1 Å². The van der Waals surface area contributed by atoms with Gasteiger partial charge in [0.25, 0.3) is 5.69 Å². The topological polar surface area (TPSA) is 55.2 Å². The number of nitro groups is 1. The zero-order valence-electron chi connectivity index (χ0n) is 11.1. The van der Waals surface area contributed by atoms with Crippen molar-refractivity contribution >= 4 is 46.5 Å². The molecule has 7 heteroatoms. The Morgan fingerprint density at radius 1 is 1.09 bits per heavy atom. The lowest BCUT2D eigenvalue weighted by Gasteiger charge is -2.07. The van der Waals surface area contributed by atoms with E-state index >= 15 is 0 Å². The van der Waals surface area contributed by atoms with Crippen LogP contribution in [0.2, 0.25) is 10.0 Å². The second-order valence-corrected chi connectivity index (χ2v) is 6.43. The Morgan fingerprint density at radius 2 is 1.73 bits per heavy atom. The lowest BCUT2D eigenvalue weighted by atomic mass is 10.1. The van der Waals surface area contributed by atoms with E-state index in [9.17, 15) is 10.1 Å². The summed E-state index contributed by atoms with van der Waals surface area (Å²) in [4.78, 5) is 10.3. The first-order valence-electron chi connectivity index (χ1n) is 6.38. The van der Waals surface area contributed by atoms with Crippen LogP contribution in [0.4, 0.5) is 5.69 Å². The Labute approximate surface area is 141 Å². The maximum absolute atomic E-state index is 10.7. The molecule has 1 N–H and O–H groups in total. The van der Waals surface area contributed by atoms with Gasteiger partial charge in [-0.05, 0) is 35.7 Å². The smallest absolute Gasteiger partial charge is 0.269 e. The van der Waals surface area contributed by atoms with Crippen LogP contribution in [-0.2, 0) is 0 Å². The van der Waals surface area contributed by atoms with Crippen LogP contribution in [0.3, 0.4) is 0 Å². The Hall–Kier alpha value is -1.69. The molecule has 0 fully saturated rings. The van der Waals surface area contributed by atoms with Crippen LogP contribution in [0.1, 0.15) is 16.4 Å². The lowest BCUT2D eigenvalue weighted by molar-refractivity contribution is -0.384. The van der Waals surface area contributed by atoms with E-state index in [2.05, 4.69) is 4.72 Å². The van der Waals surface area contributed by atoms with Gasteiger partial charge in [0.15, 0.2) is 0 Å². The van der Waals surface area contributed by atoms with Crippen LogP contribution < -0.4 is 4.72 Å².